The van der Waals surface area contributed by atoms with Gasteiger partial charge in [-0.05, 0) is 12.8 Å². The molecule has 0 unspecified atom stereocenters. The van der Waals surface area contributed by atoms with Crippen molar-refractivity contribution in [2.75, 3.05) is 0 Å². The van der Waals surface area contributed by atoms with Crippen LogP contribution in [0.25, 0.3) is 0 Å². The van der Waals surface area contributed by atoms with Crippen LogP contribution in [0.5, 0.6) is 0 Å². The van der Waals surface area contributed by atoms with E-state index in [1.807, 2.05) is 0 Å². The zero-order valence-electron chi connectivity index (χ0n) is 8.85. The topological polar surface area (TPSA) is 184 Å². The molecule has 10 nitrogen and oxygen atoms in total. The molecule has 0 atom stereocenters. The Kier molecular flexibility index (Phi) is 14.4. The van der Waals surface area contributed by atoms with Crippen molar-refractivity contribution >= 4 is 0 Å². The first-order valence-electron chi connectivity index (χ1n) is 4.38. The third-order valence-electron chi connectivity index (χ3n) is 1.78. The summed E-state index contributed by atoms with van der Waals surface area (Å²) in [7, 11) is 0. The van der Waals surface area contributed by atoms with E-state index in [-0.39, 0.29) is 26.7 Å². The van der Waals surface area contributed by atoms with Crippen LogP contribution in [-0.4, -0.2) is 15.8 Å². The van der Waals surface area contributed by atoms with Gasteiger partial charge >= 0.3 is 21.1 Å². The standard InChI is InChI=1S/C6H14N2.2NO3.Pt/c7-6(8)4-2-1-3-5-6;2*2-1(3)4;/h1-5,7-8H2;;;/q;2*-1;+2. The summed E-state index contributed by atoms with van der Waals surface area (Å²) in [6, 6.07) is 0. The van der Waals surface area contributed by atoms with Crippen molar-refractivity contribution in [2.45, 2.75) is 37.8 Å². The van der Waals surface area contributed by atoms with Crippen LogP contribution < -0.4 is 11.5 Å². The van der Waals surface area contributed by atoms with Crippen molar-refractivity contribution in [1.82, 2.24) is 0 Å². The molecule has 0 radical (unpaired) electrons. The summed E-state index contributed by atoms with van der Waals surface area (Å²) in [5.41, 5.74) is 11.0. The Hall–Kier alpha value is -0.992. The van der Waals surface area contributed by atoms with Gasteiger partial charge in [0.25, 0.3) is 0 Å². The largest absolute Gasteiger partial charge is 2.00 e. The van der Waals surface area contributed by atoms with Crippen LogP contribution in [0.4, 0.5) is 0 Å². The van der Waals surface area contributed by atoms with Gasteiger partial charge in [0.1, 0.15) is 0 Å². The van der Waals surface area contributed by atoms with Crippen LogP contribution in [0.2, 0.25) is 0 Å². The molecule has 17 heavy (non-hydrogen) atoms. The fourth-order valence-electron chi connectivity index (χ4n) is 1.21. The van der Waals surface area contributed by atoms with Crippen molar-refractivity contribution in [3.05, 3.63) is 30.6 Å². The summed E-state index contributed by atoms with van der Waals surface area (Å²) in [5, 5.41) is 29.5. The van der Waals surface area contributed by atoms with Gasteiger partial charge in [-0.25, -0.2) is 0 Å². The predicted molar refractivity (Wildman–Crippen MR) is 54.9 cm³/mol. The van der Waals surface area contributed by atoms with Crippen molar-refractivity contribution in [3.63, 3.8) is 0 Å². The van der Waals surface area contributed by atoms with E-state index in [0.29, 0.717) is 0 Å². The quantitative estimate of drug-likeness (QED) is 0.306. The van der Waals surface area contributed by atoms with E-state index < -0.39 is 10.2 Å². The molecule has 11 heteroatoms. The van der Waals surface area contributed by atoms with E-state index in [2.05, 4.69) is 0 Å². The summed E-state index contributed by atoms with van der Waals surface area (Å²) in [4.78, 5) is 16.5. The Labute approximate surface area is 111 Å². The summed E-state index contributed by atoms with van der Waals surface area (Å²) in [6.07, 6.45) is 5.76. The van der Waals surface area contributed by atoms with E-state index in [4.69, 9.17) is 42.1 Å². The minimum absolute atomic E-state index is 0. The Morgan fingerprint density at radius 3 is 1.18 bits per heavy atom. The number of rotatable bonds is 0. The average Bonchev–Trinajstić information content (AvgIpc) is 2.00. The van der Waals surface area contributed by atoms with Gasteiger partial charge < -0.3 is 42.1 Å². The molecular formula is C6H14N4O6Pt. The molecule has 104 valence electrons. The molecule has 1 saturated carbocycles. The number of hydrogen-bond acceptors (Lipinski definition) is 8. The van der Waals surface area contributed by atoms with Crippen molar-refractivity contribution in [2.24, 2.45) is 11.5 Å². The third-order valence-corrected chi connectivity index (χ3v) is 1.78. The molecule has 0 amide bonds. The van der Waals surface area contributed by atoms with Crippen LogP contribution in [0, 0.1) is 30.6 Å². The first kappa shape index (κ1) is 21.3. The van der Waals surface area contributed by atoms with E-state index >= 15 is 0 Å². The summed E-state index contributed by atoms with van der Waals surface area (Å²) in [6.45, 7) is 0. The van der Waals surface area contributed by atoms with E-state index in [1.165, 1.54) is 19.3 Å². The Balaban J connectivity index is -0.000000189. The molecular weight excluding hydrogens is 419 g/mol. The maximum absolute atomic E-state index is 8.25. The molecule has 0 aromatic rings. The van der Waals surface area contributed by atoms with E-state index in [0.717, 1.165) is 12.8 Å². The van der Waals surface area contributed by atoms with Gasteiger partial charge in [-0.1, -0.05) is 19.3 Å². The fourth-order valence-corrected chi connectivity index (χ4v) is 1.21. The third kappa shape index (κ3) is 31.3. The molecule has 1 aliphatic rings. The van der Waals surface area contributed by atoms with Crippen LogP contribution >= 0.6 is 0 Å². The van der Waals surface area contributed by atoms with Gasteiger partial charge in [-0.3, -0.25) is 0 Å². The van der Waals surface area contributed by atoms with Gasteiger partial charge in [0.2, 0.25) is 0 Å². The number of nitrogens with two attached hydrogens (primary N) is 2. The second-order valence-electron chi connectivity index (χ2n) is 3.24. The van der Waals surface area contributed by atoms with Crippen molar-refractivity contribution in [3.8, 4) is 0 Å². The van der Waals surface area contributed by atoms with Gasteiger partial charge in [0.15, 0.2) is 0 Å². The average molecular weight is 433 g/mol. The molecule has 4 N–H and O–H groups in total. The number of nitrogens with zero attached hydrogens (tertiary/aromatic N) is 2. The Bertz CT molecular complexity index is 199. The summed E-state index contributed by atoms with van der Waals surface area (Å²) < 4.78 is 0. The SMILES string of the molecule is NC1(N)CCCCC1.O=[N+]([O-])[O-].O=[N+]([O-])[O-].[Pt+2]. The smallest absolute Gasteiger partial charge is 0.356 e. The Morgan fingerprint density at radius 1 is 0.824 bits per heavy atom. The van der Waals surface area contributed by atoms with Gasteiger partial charge in [-0.15, -0.1) is 0 Å². The van der Waals surface area contributed by atoms with Gasteiger partial charge in [0.05, 0.1) is 15.8 Å². The van der Waals surface area contributed by atoms with Crippen LogP contribution in [-0.2, 0) is 21.1 Å². The predicted octanol–water partition coefficient (Wildman–Crippen LogP) is 0.0835. The first-order valence-corrected chi connectivity index (χ1v) is 4.38. The second kappa shape index (κ2) is 11.5. The molecule has 0 aromatic carbocycles. The minimum atomic E-state index is -1.75. The minimum Gasteiger partial charge on any atom is -0.356 e. The number of hydrogen-bond donors (Lipinski definition) is 2. The molecule has 1 rings (SSSR count). The summed E-state index contributed by atoms with van der Waals surface area (Å²) >= 11 is 0. The molecule has 0 spiro atoms. The van der Waals surface area contributed by atoms with Crippen LogP contribution in [0.3, 0.4) is 0 Å². The summed E-state index contributed by atoms with van der Waals surface area (Å²) in [5.74, 6) is 0. The maximum atomic E-state index is 8.25. The Morgan fingerprint density at radius 2 is 1.06 bits per heavy atom. The molecule has 1 aliphatic carbocycles. The van der Waals surface area contributed by atoms with Gasteiger partial charge in [0, 0.05) is 0 Å². The van der Waals surface area contributed by atoms with Crippen molar-refractivity contribution < 1.29 is 31.2 Å². The molecule has 0 aliphatic heterocycles. The molecule has 0 saturated heterocycles. The van der Waals surface area contributed by atoms with E-state index in [1.54, 1.807) is 0 Å². The molecule has 0 heterocycles. The molecule has 0 aromatic heterocycles. The van der Waals surface area contributed by atoms with Crippen LogP contribution in [0.1, 0.15) is 32.1 Å². The van der Waals surface area contributed by atoms with Gasteiger partial charge in [-0.2, -0.15) is 0 Å². The zero-order valence-corrected chi connectivity index (χ0v) is 11.1. The maximum Gasteiger partial charge on any atom is 2.00 e. The second-order valence-corrected chi connectivity index (χ2v) is 3.24. The van der Waals surface area contributed by atoms with E-state index in [9.17, 15) is 0 Å². The zero-order chi connectivity index (χ0) is 13.2. The monoisotopic (exact) mass is 433 g/mol. The fraction of sp³-hybridized carbons (Fsp3) is 1.00. The molecule has 1 fully saturated rings. The molecule has 0 bridgehead atoms. The van der Waals surface area contributed by atoms with Crippen molar-refractivity contribution in [1.29, 1.82) is 0 Å². The normalized spacial score (nSPS) is 15.9. The van der Waals surface area contributed by atoms with Crippen LogP contribution in [0.15, 0.2) is 0 Å². The first-order chi connectivity index (χ1) is 7.17.